The predicted molar refractivity (Wildman–Crippen MR) is 56.7 cm³/mol. The monoisotopic (exact) mass is 314 g/mol. The third-order valence-electron chi connectivity index (χ3n) is 1.90. The van der Waals surface area contributed by atoms with E-state index in [0.29, 0.717) is 0 Å². The molecule has 0 atom stereocenters. The standard InChI is InChI=1S/C9H10BrF3N2O2/c1-4(2)3-15-6(8(16)17)5(10)7(14-15)9(11,12)13/h4H,3H2,1-2H3,(H,16,17). The van der Waals surface area contributed by atoms with E-state index in [1.54, 1.807) is 13.8 Å². The molecule has 96 valence electrons. The van der Waals surface area contributed by atoms with Crippen LogP contribution in [0, 0.1) is 5.92 Å². The third kappa shape index (κ3) is 2.99. The van der Waals surface area contributed by atoms with Crippen molar-refractivity contribution in [2.45, 2.75) is 26.6 Å². The first-order chi connectivity index (χ1) is 7.64. The van der Waals surface area contributed by atoms with Gasteiger partial charge in [-0.1, -0.05) is 13.8 Å². The van der Waals surface area contributed by atoms with Crippen molar-refractivity contribution in [3.05, 3.63) is 15.9 Å². The Hall–Kier alpha value is -1.05. The van der Waals surface area contributed by atoms with Crippen LogP contribution in [0.3, 0.4) is 0 Å². The fourth-order valence-electron chi connectivity index (χ4n) is 1.30. The Morgan fingerprint density at radius 1 is 1.53 bits per heavy atom. The molecule has 0 aliphatic carbocycles. The molecular formula is C9H10BrF3N2O2. The van der Waals surface area contributed by atoms with Crippen LogP contribution in [-0.2, 0) is 12.7 Å². The van der Waals surface area contributed by atoms with Gasteiger partial charge in [0, 0.05) is 6.54 Å². The van der Waals surface area contributed by atoms with Crippen LogP contribution >= 0.6 is 15.9 Å². The molecule has 0 bridgehead atoms. The Morgan fingerprint density at radius 3 is 2.41 bits per heavy atom. The lowest BCUT2D eigenvalue weighted by Crippen LogP contribution is -2.14. The number of rotatable bonds is 3. The van der Waals surface area contributed by atoms with E-state index in [4.69, 9.17) is 5.11 Å². The molecule has 1 heterocycles. The Kier molecular flexibility index (Phi) is 3.85. The maximum Gasteiger partial charge on any atom is 0.436 e. The second kappa shape index (κ2) is 4.67. The summed E-state index contributed by atoms with van der Waals surface area (Å²) >= 11 is 2.64. The molecule has 1 rings (SSSR count). The van der Waals surface area contributed by atoms with Crippen molar-refractivity contribution >= 4 is 21.9 Å². The summed E-state index contributed by atoms with van der Waals surface area (Å²) in [5.41, 5.74) is -1.69. The first kappa shape index (κ1) is 14.0. The molecule has 0 fully saturated rings. The third-order valence-corrected chi connectivity index (χ3v) is 2.65. The van der Waals surface area contributed by atoms with E-state index in [-0.39, 0.29) is 12.5 Å². The van der Waals surface area contributed by atoms with E-state index in [1.807, 2.05) is 0 Å². The van der Waals surface area contributed by atoms with Gasteiger partial charge in [0.25, 0.3) is 0 Å². The maximum absolute atomic E-state index is 12.5. The van der Waals surface area contributed by atoms with Crippen molar-refractivity contribution < 1.29 is 23.1 Å². The van der Waals surface area contributed by atoms with Crippen molar-refractivity contribution in [2.75, 3.05) is 0 Å². The summed E-state index contributed by atoms with van der Waals surface area (Å²) < 4.78 is 38.0. The lowest BCUT2D eigenvalue weighted by atomic mass is 10.2. The number of carbonyl (C=O) groups is 1. The van der Waals surface area contributed by atoms with E-state index in [9.17, 15) is 18.0 Å². The van der Waals surface area contributed by atoms with Gasteiger partial charge < -0.3 is 5.11 Å². The van der Waals surface area contributed by atoms with Gasteiger partial charge >= 0.3 is 12.1 Å². The van der Waals surface area contributed by atoms with Crippen LogP contribution in [0.4, 0.5) is 13.2 Å². The molecule has 0 aliphatic rings. The van der Waals surface area contributed by atoms with Gasteiger partial charge in [0.15, 0.2) is 11.4 Å². The zero-order valence-corrected chi connectivity index (χ0v) is 10.6. The van der Waals surface area contributed by atoms with Gasteiger partial charge in [0.2, 0.25) is 0 Å². The number of carboxylic acids is 1. The number of carboxylic acid groups (broad SMARTS) is 1. The summed E-state index contributed by atoms with van der Waals surface area (Å²) in [6.07, 6.45) is -4.68. The number of hydrogen-bond acceptors (Lipinski definition) is 2. The highest BCUT2D eigenvalue weighted by atomic mass is 79.9. The van der Waals surface area contributed by atoms with E-state index >= 15 is 0 Å². The number of nitrogens with zero attached hydrogens (tertiary/aromatic N) is 2. The molecular weight excluding hydrogens is 305 g/mol. The lowest BCUT2D eigenvalue weighted by Gasteiger charge is -2.06. The van der Waals surface area contributed by atoms with Crippen molar-refractivity contribution in [3.63, 3.8) is 0 Å². The molecule has 0 radical (unpaired) electrons. The fraction of sp³-hybridized carbons (Fsp3) is 0.556. The Labute approximate surface area is 104 Å². The van der Waals surface area contributed by atoms with Gasteiger partial charge in [-0.25, -0.2) is 4.79 Å². The van der Waals surface area contributed by atoms with Gasteiger partial charge in [0.05, 0.1) is 4.47 Å². The lowest BCUT2D eigenvalue weighted by molar-refractivity contribution is -0.142. The summed E-state index contributed by atoms with van der Waals surface area (Å²) in [5.74, 6) is -1.46. The highest BCUT2D eigenvalue weighted by molar-refractivity contribution is 9.10. The first-order valence-corrected chi connectivity index (χ1v) is 5.50. The molecule has 0 aliphatic heterocycles. The van der Waals surface area contributed by atoms with Crippen LogP contribution in [0.15, 0.2) is 4.47 Å². The zero-order chi connectivity index (χ0) is 13.4. The minimum absolute atomic E-state index is 0.0130. The average molecular weight is 315 g/mol. The Bertz CT molecular complexity index is 440. The largest absolute Gasteiger partial charge is 0.476 e. The molecule has 0 aromatic carbocycles. The van der Waals surface area contributed by atoms with Gasteiger partial charge in [0.1, 0.15) is 0 Å². The molecule has 8 heteroatoms. The van der Waals surface area contributed by atoms with Crippen molar-refractivity contribution in [2.24, 2.45) is 5.92 Å². The molecule has 0 unspecified atom stereocenters. The molecule has 1 aromatic heterocycles. The van der Waals surface area contributed by atoms with Crippen molar-refractivity contribution in [1.29, 1.82) is 0 Å². The summed E-state index contributed by atoms with van der Waals surface area (Å²) in [5, 5.41) is 12.2. The van der Waals surface area contributed by atoms with Gasteiger partial charge in [-0.3, -0.25) is 4.68 Å². The van der Waals surface area contributed by atoms with Gasteiger partial charge in [-0.15, -0.1) is 0 Å². The average Bonchev–Trinajstić information content (AvgIpc) is 2.40. The molecule has 1 aromatic rings. The van der Waals surface area contributed by atoms with Crippen LogP contribution in [0.2, 0.25) is 0 Å². The quantitative estimate of drug-likeness (QED) is 0.933. The van der Waals surface area contributed by atoms with Crippen LogP contribution in [0.1, 0.15) is 30.0 Å². The minimum atomic E-state index is -4.68. The van der Waals surface area contributed by atoms with Gasteiger partial charge in [-0.2, -0.15) is 18.3 Å². The molecule has 17 heavy (non-hydrogen) atoms. The Balaban J connectivity index is 3.35. The fourth-order valence-corrected chi connectivity index (χ4v) is 1.98. The van der Waals surface area contributed by atoms with E-state index in [0.717, 1.165) is 4.68 Å². The molecule has 1 N–H and O–H groups in total. The van der Waals surface area contributed by atoms with Crippen molar-refractivity contribution in [1.82, 2.24) is 9.78 Å². The maximum atomic E-state index is 12.5. The molecule has 4 nitrogen and oxygen atoms in total. The normalized spacial score (nSPS) is 12.2. The Morgan fingerprint density at radius 2 is 2.06 bits per heavy atom. The SMILES string of the molecule is CC(C)Cn1nc(C(F)(F)F)c(Br)c1C(=O)O. The molecule has 0 saturated carbocycles. The smallest absolute Gasteiger partial charge is 0.436 e. The van der Waals surface area contributed by atoms with Crippen molar-refractivity contribution in [3.8, 4) is 0 Å². The summed E-state index contributed by atoms with van der Waals surface area (Å²) in [6.45, 7) is 3.62. The van der Waals surface area contributed by atoms with Crippen LogP contribution in [0.5, 0.6) is 0 Å². The summed E-state index contributed by atoms with van der Waals surface area (Å²) in [7, 11) is 0. The highest BCUT2D eigenvalue weighted by Gasteiger charge is 2.39. The van der Waals surface area contributed by atoms with E-state index < -0.39 is 28.0 Å². The highest BCUT2D eigenvalue weighted by Crippen LogP contribution is 2.35. The topological polar surface area (TPSA) is 55.1 Å². The second-order valence-corrected chi connectivity index (χ2v) is 4.68. The molecule has 0 spiro atoms. The predicted octanol–water partition coefficient (Wildman–Crippen LogP) is 3.02. The minimum Gasteiger partial charge on any atom is -0.476 e. The van der Waals surface area contributed by atoms with E-state index in [1.165, 1.54) is 0 Å². The molecule has 0 amide bonds. The second-order valence-electron chi connectivity index (χ2n) is 3.89. The number of halogens is 4. The van der Waals surface area contributed by atoms with Crippen LogP contribution < -0.4 is 0 Å². The molecule has 0 saturated heterocycles. The number of aromatic nitrogens is 2. The number of alkyl halides is 3. The number of hydrogen-bond donors (Lipinski definition) is 1. The number of aromatic carboxylic acids is 1. The summed E-state index contributed by atoms with van der Waals surface area (Å²) in [6, 6.07) is 0. The first-order valence-electron chi connectivity index (χ1n) is 4.71. The zero-order valence-electron chi connectivity index (χ0n) is 9.05. The van der Waals surface area contributed by atoms with Crippen LogP contribution in [0.25, 0.3) is 0 Å². The van der Waals surface area contributed by atoms with Gasteiger partial charge in [-0.05, 0) is 21.8 Å². The summed E-state index contributed by atoms with van der Waals surface area (Å²) in [4.78, 5) is 10.9. The van der Waals surface area contributed by atoms with E-state index in [2.05, 4.69) is 21.0 Å². The van der Waals surface area contributed by atoms with Crippen LogP contribution in [-0.4, -0.2) is 20.9 Å².